The molecule has 3 rings (SSSR count). The van der Waals surface area contributed by atoms with Crippen molar-refractivity contribution in [1.82, 2.24) is 30.1 Å². The quantitative estimate of drug-likeness (QED) is 0.692. The molecule has 0 saturated carbocycles. The molecule has 0 aliphatic carbocycles. The van der Waals surface area contributed by atoms with Crippen molar-refractivity contribution in [3.63, 3.8) is 0 Å². The number of amides is 2. The molecular weight excluding hydrogens is 344 g/mol. The summed E-state index contributed by atoms with van der Waals surface area (Å²) in [5.74, 6) is 1.21. The van der Waals surface area contributed by atoms with Gasteiger partial charge in [0.15, 0.2) is 5.82 Å². The largest absolute Gasteiger partial charge is 0.339 e. The van der Waals surface area contributed by atoms with E-state index in [4.69, 9.17) is 4.52 Å². The molecule has 8 nitrogen and oxygen atoms in total. The van der Waals surface area contributed by atoms with E-state index in [0.717, 1.165) is 5.56 Å². The first kappa shape index (κ1) is 18.6. The monoisotopic (exact) mass is 368 g/mol. The third-order valence-corrected chi connectivity index (χ3v) is 4.13. The Morgan fingerprint density at radius 3 is 2.67 bits per heavy atom. The van der Waals surface area contributed by atoms with Gasteiger partial charge < -0.3 is 14.7 Å². The minimum absolute atomic E-state index is 0.155. The van der Waals surface area contributed by atoms with Crippen LogP contribution >= 0.6 is 0 Å². The highest BCUT2D eigenvalue weighted by Crippen LogP contribution is 2.16. The lowest BCUT2D eigenvalue weighted by Gasteiger charge is -2.23. The van der Waals surface area contributed by atoms with E-state index in [9.17, 15) is 4.79 Å². The van der Waals surface area contributed by atoms with Crippen molar-refractivity contribution < 1.29 is 9.32 Å². The summed E-state index contributed by atoms with van der Waals surface area (Å²) in [6.45, 7) is 4.77. The van der Waals surface area contributed by atoms with Crippen molar-refractivity contribution in [3.8, 4) is 0 Å². The minimum atomic E-state index is -0.216. The lowest BCUT2D eigenvalue weighted by atomic mass is 10.1. The van der Waals surface area contributed by atoms with Gasteiger partial charge in [0.25, 0.3) is 0 Å². The molecule has 0 aliphatic heterocycles. The Bertz CT molecular complexity index is 844. The highest BCUT2D eigenvalue weighted by Gasteiger charge is 2.20. The average molecular weight is 368 g/mol. The maximum absolute atomic E-state index is 12.7. The van der Waals surface area contributed by atoms with Gasteiger partial charge in [-0.05, 0) is 11.6 Å². The Kier molecular flexibility index (Phi) is 5.85. The van der Waals surface area contributed by atoms with E-state index in [-0.39, 0.29) is 24.5 Å². The van der Waals surface area contributed by atoms with Crippen LogP contribution in [0.3, 0.4) is 0 Å². The van der Waals surface area contributed by atoms with Crippen LogP contribution in [0.25, 0.3) is 0 Å². The first-order valence-electron chi connectivity index (χ1n) is 8.89. The average Bonchev–Trinajstić information content (AvgIpc) is 3.34. The second kappa shape index (κ2) is 8.48. The number of benzene rings is 1. The van der Waals surface area contributed by atoms with Crippen molar-refractivity contribution in [3.05, 3.63) is 66.1 Å². The molecule has 0 unspecified atom stereocenters. The van der Waals surface area contributed by atoms with Gasteiger partial charge in [-0.2, -0.15) is 10.1 Å². The maximum Gasteiger partial charge on any atom is 0.318 e. The molecule has 3 aromatic rings. The van der Waals surface area contributed by atoms with Crippen LogP contribution in [0, 0.1) is 0 Å². The minimum Gasteiger partial charge on any atom is -0.339 e. The standard InChI is InChI=1S/C19H24N6O2/c1-14(2)18-22-17(23-27-18)13-24(3)19(26)21-16(12-25-11-7-10-20-25)15-8-5-4-6-9-15/h4-11,14,16H,12-13H2,1-3H3,(H,21,26)/t16-/m0/s1. The molecular formula is C19H24N6O2. The van der Waals surface area contributed by atoms with Gasteiger partial charge in [-0.1, -0.05) is 49.3 Å². The number of hydrogen-bond acceptors (Lipinski definition) is 5. The summed E-state index contributed by atoms with van der Waals surface area (Å²) in [6.07, 6.45) is 3.59. The van der Waals surface area contributed by atoms with Crippen molar-refractivity contribution in [2.45, 2.75) is 38.9 Å². The zero-order valence-corrected chi connectivity index (χ0v) is 15.7. The summed E-state index contributed by atoms with van der Waals surface area (Å²) in [5, 5.41) is 11.2. The number of carbonyl (C=O) groups excluding carboxylic acids is 1. The van der Waals surface area contributed by atoms with Gasteiger partial charge >= 0.3 is 6.03 Å². The zero-order chi connectivity index (χ0) is 19.2. The fraction of sp³-hybridized carbons (Fsp3) is 0.368. The fourth-order valence-electron chi connectivity index (χ4n) is 2.62. The lowest BCUT2D eigenvalue weighted by molar-refractivity contribution is 0.199. The first-order chi connectivity index (χ1) is 13.0. The molecule has 8 heteroatoms. The first-order valence-corrected chi connectivity index (χ1v) is 8.89. The molecule has 0 aliphatic rings. The Hall–Kier alpha value is -3.16. The summed E-state index contributed by atoms with van der Waals surface area (Å²) in [7, 11) is 1.71. The fourth-order valence-corrected chi connectivity index (χ4v) is 2.62. The van der Waals surface area contributed by atoms with E-state index in [0.29, 0.717) is 18.3 Å². The van der Waals surface area contributed by atoms with E-state index >= 15 is 0 Å². The number of aromatic nitrogens is 4. The summed E-state index contributed by atoms with van der Waals surface area (Å²) >= 11 is 0. The lowest BCUT2D eigenvalue weighted by Crippen LogP contribution is -2.40. The molecule has 1 N–H and O–H groups in total. The Balaban J connectivity index is 1.67. The van der Waals surface area contributed by atoms with E-state index in [1.54, 1.807) is 17.9 Å². The topological polar surface area (TPSA) is 89.1 Å². The third-order valence-electron chi connectivity index (χ3n) is 4.13. The highest BCUT2D eigenvalue weighted by molar-refractivity contribution is 5.74. The smallest absolute Gasteiger partial charge is 0.318 e. The second-order valence-electron chi connectivity index (χ2n) is 6.70. The van der Waals surface area contributed by atoms with Gasteiger partial charge in [0.1, 0.15) is 0 Å². The molecule has 0 fully saturated rings. The zero-order valence-electron chi connectivity index (χ0n) is 15.7. The number of hydrogen-bond donors (Lipinski definition) is 1. The van der Waals surface area contributed by atoms with Gasteiger partial charge in [0.05, 0.1) is 19.1 Å². The van der Waals surface area contributed by atoms with E-state index < -0.39 is 0 Å². The van der Waals surface area contributed by atoms with Crippen molar-refractivity contribution in [2.75, 3.05) is 7.05 Å². The summed E-state index contributed by atoms with van der Waals surface area (Å²) in [5.41, 5.74) is 1.01. The van der Waals surface area contributed by atoms with Crippen LogP contribution in [0.2, 0.25) is 0 Å². The molecule has 142 valence electrons. The van der Waals surface area contributed by atoms with E-state index in [1.807, 2.05) is 56.4 Å². The molecule has 0 spiro atoms. The van der Waals surface area contributed by atoms with Crippen LogP contribution in [0.4, 0.5) is 4.79 Å². The van der Waals surface area contributed by atoms with Gasteiger partial charge in [0, 0.05) is 25.4 Å². The Morgan fingerprint density at radius 2 is 2.04 bits per heavy atom. The third kappa shape index (κ3) is 4.93. The van der Waals surface area contributed by atoms with E-state index in [1.165, 1.54) is 4.90 Å². The summed E-state index contributed by atoms with van der Waals surface area (Å²) in [6, 6.07) is 11.3. The molecule has 0 saturated heterocycles. The molecule has 2 heterocycles. The number of rotatable bonds is 7. The molecule has 1 atom stereocenters. The van der Waals surface area contributed by atoms with Crippen LogP contribution in [0.1, 0.15) is 43.1 Å². The van der Waals surface area contributed by atoms with Crippen LogP contribution in [0.15, 0.2) is 53.3 Å². The SMILES string of the molecule is CC(C)c1nc(CN(C)C(=O)N[C@@H](Cn2cccn2)c2ccccc2)no1. The molecule has 27 heavy (non-hydrogen) atoms. The van der Waals surface area contributed by atoms with Gasteiger partial charge in [-0.3, -0.25) is 4.68 Å². The summed E-state index contributed by atoms with van der Waals surface area (Å²) in [4.78, 5) is 18.6. The Morgan fingerprint density at radius 1 is 1.26 bits per heavy atom. The van der Waals surface area contributed by atoms with Crippen LogP contribution in [-0.2, 0) is 13.1 Å². The second-order valence-corrected chi connectivity index (χ2v) is 6.70. The van der Waals surface area contributed by atoms with Crippen LogP contribution < -0.4 is 5.32 Å². The van der Waals surface area contributed by atoms with Gasteiger partial charge in [0.2, 0.25) is 5.89 Å². The van der Waals surface area contributed by atoms with Crippen molar-refractivity contribution >= 4 is 6.03 Å². The summed E-state index contributed by atoms with van der Waals surface area (Å²) < 4.78 is 6.99. The van der Waals surface area contributed by atoms with Crippen LogP contribution in [0.5, 0.6) is 0 Å². The number of nitrogens with one attached hydrogen (secondary N) is 1. The molecule has 0 bridgehead atoms. The number of carbonyl (C=O) groups is 1. The van der Waals surface area contributed by atoms with E-state index in [2.05, 4.69) is 20.6 Å². The number of urea groups is 1. The van der Waals surface area contributed by atoms with Gasteiger partial charge in [-0.25, -0.2) is 4.79 Å². The highest BCUT2D eigenvalue weighted by atomic mass is 16.5. The van der Waals surface area contributed by atoms with Crippen molar-refractivity contribution in [2.24, 2.45) is 0 Å². The molecule has 2 amide bonds. The van der Waals surface area contributed by atoms with Crippen LogP contribution in [-0.4, -0.2) is 37.9 Å². The maximum atomic E-state index is 12.7. The molecule has 1 aromatic carbocycles. The predicted molar refractivity (Wildman–Crippen MR) is 99.8 cm³/mol. The number of nitrogens with zero attached hydrogens (tertiary/aromatic N) is 5. The van der Waals surface area contributed by atoms with Gasteiger partial charge in [-0.15, -0.1) is 0 Å². The Labute approximate surface area is 158 Å². The molecule has 2 aromatic heterocycles. The van der Waals surface area contributed by atoms with Crippen molar-refractivity contribution in [1.29, 1.82) is 0 Å². The molecule has 0 radical (unpaired) electrons. The predicted octanol–water partition coefficient (Wildman–Crippen LogP) is 2.97. The normalized spacial score (nSPS) is 12.1.